The van der Waals surface area contributed by atoms with E-state index in [1.807, 2.05) is 0 Å². The summed E-state index contributed by atoms with van der Waals surface area (Å²) in [6, 6.07) is -1.07. The van der Waals surface area contributed by atoms with Crippen LogP contribution in [0.25, 0.3) is 0 Å². The van der Waals surface area contributed by atoms with Gasteiger partial charge in [-0.3, -0.25) is 4.52 Å². The Bertz CT molecular complexity index is 242. The Morgan fingerprint density at radius 2 is 1.93 bits per heavy atom. The Balaban J connectivity index is 2.44. The molecule has 1 rings (SSSR count). The first-order chi connectivity index (χ1) is 6.31. The van der Waals surface area contributed by atoms with Crippen molar-refractivity contribution in [2.75, 3.05) is 6.61 Å². The summed E-state index contributed by atoms with van der Waals surface area (Å²) in [5, 5.41) is 18.4. The van der Waals surface area contributed by atoms with Gasteiger partial charge in [0.05, 0.1) is 12.7 Å². The van der Waals surface area contributed by atoms with E-state index in [-0.39, 0.29) is 0 Å². The highest BCUT2D eigenvalue weighted by Crippen LogP contribution is 2.36. The lowest BCUT2D eigenvalue weighted by Crippen LogP contribution is -2.34. The molecule has 0 saturated carbocycles. The molecule has 80 valence electrons. The van der Waals surface area contributed by atoms with Crippen molar-refractivity contribution in [2.24, 2.45) is 0 Å². The van der Waals surface area contributed by atoms with Crippen LogP contribution in [0.15, 0.2) is 0 Å². The highest BCUT2D eigenvalue weighted by Gasteiger charge is 2.40. The number of hydrogen-bond acceptors (Lipinski definition) is 5. The fourth-order valence-corrected chi connectivity index (χ4v) is 1.43. The molecule has 2 radical (unpaired) electrons. The molecular weight excluding hydrogens is 214 g/mol. The van der Waals surface area contributed by atoms with E-state index in [0.717, 1.165) is 0 Å². The van der Waals surface area contributed by atoms with E-state index >= 15 is 0 Å². The predicted octanol–water partition coefficient (Wildman–Crippen LogP) is -2.29. The molecular formula is C5H10BO7P. The standard InChI is InChI=1S/C5H10BO7P/c6-5-4(8)3(7)2(13-5)1-12-14(9,10)11/h2-5,7-8H,1H2,(H2,9,10,11)/t2-,3+,4+,5-/m1/s1. The molecule has 0 aliphatic carbocycles. The fourth-order valence-electron chi connectivity index (χ4n) is 1.09. The van der Waals surface area contributed by atoms with Crippen molar-refractivity contribution in [3.8, 4) is 0 Å². The van der Waals surface area contributed by atoms with Crippen molar-refractivity contribution >= 4 is 15.7 Å². The molecule has 0 bridgehead atoms. The summed E-state index contributed by atoms with van der Waals surface area (Å²) in [4.78, 5) is 16.7. The minimum atomic E-state index is -4.60. The normalized spacial score (nSPS) is 38.9. The molecule has 1 saturated heterocycles. The number of phosphoric ester groups is 1. The van der Waals surface area contributed by atoms with E-state index in [0.29, 0.717) is 0 Å². The fraction of sp³-hybridized carbons (Fsp3) is 1.00. The zero-order valence-electron chi connectivity index (χ0n) is 7.05. The Labute approximate surface area is 81.3 Å². The van der Waals surface area contributed by atoms with Gasteiger partial charge in [0.15, 0.2) is 0 Å². The second-order valence-electron chi connectivity index (χ2n) is 2.91. The van der Waals surface area contributed by atoms with Crippen LogP contribution >= 0.6 is 7.82 Å². The number of rotatable bonds is 3. The lowest BCUT2D eigenvalue weighted by atomic mass is 9.93. The molecule has 0 amide bonds. The molecule has 4 atom stereocenters. The van der Waals surface area contributed by atoms with E-state index < -0.39 is 38.7 Å². The van der Waals surface area contributed by atoms with Crippen molar-refractivity contribution in [3.05, 3.63) is 0 Å². The van der Waals surface area contributed by atoms with Gasteiger partial charge in [-0.1, -0.05) is 0 Å². The summed E-state index contributed by atoms with van der Waals surface area (Å²) in [5.41, 5.74) is 0. The molecule has 4 N–H and O–H groups in total. The maximum absolute atomic E-state index is 10.3. The summed E-state index contributed by atoms with van der Waals surface area (Å²) < 4.78 is 19.2. The molecule has 0 spiro atoms. The lowest BCUT2D eigenvalue weighted by Gasteiger charge is -2.14. The summed E-state index contributed by atoms with van der Waals surface area (Å²) in [7, 11) is 0.619. The number of aliphatic hydroxyl groups excluding tert-OH is 2. The molecule has 1 aliphatic rings. The third-order valence-electron chi connectivity index (χ3n) is 1.81. The highest BCUT2D eigenvalue weighted by atomic mass is 31.2. The molecule has 1 aliphatic heterocycles. The zero-order valence-corrected chi connectivity index (χ0v) is 7.95. The largest absolute Gasteiger partial charge is 0.469 e. The third kappa shape index (κ3) is 3.03. The first-order valence-electron chi connectivity index (χ1n) is 3.78. The van der Waals surface area contributed by atoms with Crippen molar-refractivity contribution in [3.63, 3.8) is 0 Å². The second kappa shape index (κ2) is 4.28. The molecule has 0 unspecified atom stereocenters. The van der Waals surface area contributed by atoms with Gasteiger partial charge in [-0.15, -0.1) is 0 Å². The van der Waals surface area contributed by atoms with Gasteiger partial charge >= 0.3 is 7.82 Å². The maximum atomic E-state index is 10.3. The summed E-state index contributed by atoms with van der Waals surface area (Å²) >= 11 is 0. The predicted molar refractivity (Wildman–Crippen MR) is 44.4 cm³/mol. The highest BCUT2D eigenvalue weighted by molar-refractivity contribution is 7.46. The minimum Gasteiger partial charge on any atom is -0.388 e. The average Bonchev–Trinajstić information content (AvgIpc) is 2.28. The molecule has 0 aromatic rings. The monoisotopic (exact) mass is 224 g/mol. The van der Waals surface area contributed by atoms with E-state index in [2.05, 4.69) is 4.52 Å². The summed E-state index contributed by atoms with van der Waals surface area (Å²) in [6.45, 7) is -0.532. The molecule has 7 nitrogen and oxygen atoms in total. The van der Waals surface area contributed by atoms with Gasteiger partial charge in [0.2, 0.25) is 0 Å². The Morgan fingerprint density at radius 3 is 2.29 bits per heavy atom. The van der Waals surface area contributed by atoms with Crippen LogP contribution in [0.3, 0.4) is 0 Å². The molecule has 1 fully saturated rings. The van der Waals surface area contributed by atoms with Crippen LogP contribution in [0.2, 0.25) is 0 Å². The van der Waals surface area contributed by atoms with Crippen molar-refractivity contribution < 1.29 is 33.8 Å². The van der Waals surface area contributed by atoms with Crippen LogP contribution in [0.4, 0.5) is 0 Å². The van der Waals surface area contributed by atoms with Crippen LogP contribution in [0.1, 0.15) is 0 Å². The van der Waals surface area contributed by atoms with Crippen LogP contribution in [0.5, 0.6) is 0 Å². The number of phosphoric acid groups is 1. The average molecular weight is 224 g/mol. The van der Waals surface area contributed by atoms with Crippen LogP contribution in [0, 0.1) is 0 Å². The maximum Gasteiger partial charge on any atom is 0.469 e. The topological polar surface area (TPSA) is 116 Å². The van der Waals surface area contributed by atoms with Crippen molar-refractivity contribution in [1.82, 2.24) is 0 Å². The smallest absolute Gasteiger partial charge is 0.388 e. The van der Waals surface area contributed by atoms with E-state index in [1.165, 1.54) is 0 Å². The quantitative estimate of drug-likeness (QED) is 0.315. The Hall–Kier alpha value is 0.0549. The van der Waals surface area contributed by atoms with Crippen molar-refractivity contribution in [2.45, 2.75) is 24.3 Å². The van der Waals surface area contributed by atoms with Gasteiger partial charge < -0.3 is 24.7 Å². The molecule has 14 heavy (non-hydrogen) atoms. The van der Waals surface area contributed by atoms with E-state index in [1.54, 1.807) is 0 Å². The first kappa shape index (κ1) is 12.1. The van der Waals surface area contributed by atoms with Gasteiger partial charge in [0, 0.05) is 6.00 Å². The zero-order chi connectivity index (χ0) is 10.9. The minimum absolute atomic E-state index is 0.532. The molecule has 0 aromatic heterocycles. The number of aliphatic hydroxyl groups is 2. The van der Waals surface area contributed by atoms with Gasteiger partial charge in [0.25, 0.3) is 0 Å². The van der Waals surface area contributed by atoms with E-state index in [4.69, 9.17) is 27.5 Å². The molecule has 0 aromatic carbocycles. The summed E-state index contributed by atoms with van der Waals surface area (Å²) in [6.07, 6.45) is -3.62. The van der Waals surface area contributed by atoms with Crippen LogP contribution < -0.4 is 0 Å². The van der Waals surface area contributed by atoms with Gasteiger partial charge in [-0.05, 0) is 0 Å². The van der Waals surface area contributed by atoms with Gasteiger partial charge in [-0.2, -0.15) is 0 Å². The molecule has 1 heterocycles. The number of hydrogen-bond donors (Lipinski definition) is 4. The molecule has 9 heteroatoms. The summed E-state index contributed by atoms with van der Waals surface area (Å²) in [5.74, 6) is 0. The second-order valence-corrected chi connectivity index (χ2v) is 4.15. The van der Waals surface area contributed by atoms with Crippen LogP contribution in [-0.2, 0) is 13.8 Å². The Morgan fingerprint density at radius 1 is 1.36 bits per heavy atom. The SMILES string of the molecule is [B][C@@H]1O[C@H](COP(=O)(O)O)[C@H](O)[C@@H]1O. The first-order valence-corrected chi connectivity index (χ1v) is 5.31. The Kier molecular flexibility index (Phi) is 3.71. The van der Waals surface area contributed by atoms with Crippen LogP contribution in [-0.4, -0.2) is 58.8 Å². The number of ether oxygens (including phenoxy) is 1. The third-order valence-corrected chi connectivity index (χ3v) is 2.29. The van der Waals surface area contributed by atoms with E-state index in [9.17, 15) is 9.67 Å². The van der Waals surface area contributed by atoms with Gasteiger partial charge in [0.1, 0.15) is 20.1 Å². The van der Waals surface area contributed by atoms with Crippen molar-refractivity contribution in [1.29, 1.82) is 0 Å². The van der Waals surface area contributed by atoms with Gasteiger partial charge in [-0.25, -0.2) is 4.57 Å². The lowest BCUT2D eigenvalue weighted by molar-refractivity contribution is -0.00874.